The summed E-state index contributed by atoms with van der Waals surface area (Å²) < 4.78 is 2.40. The lowest BCUT2D eigenvalue weighted by atomic mass is 10.1. The maximum atomic E-state index is 11.4. The highest BCUT2D eigenvalue weighted by molar-refractivity contribution is 14.1. The predicted octanol–water partition coefficient (Wildman–Crippen LogP) is 6.24. The number of nitrogens with zero attached hydrogens (tertiary/aromatic N) is 1. The van der Waals surface area contributed by atoms with Crippen molar-refractivity contribution >= 4 is 78.6 Å². The Balaban J connectivity index is 0.000000151. The highest BCUT2D eigenvalue weighted by Gasteiger charge is 2.03. The van der Waals surface area contributed by atoms with Crippen molar-refractivity contribution in [2.75, 3.05) is 0 Å². The molecule has 2 aromatic heterocycles. The highest BCUT2D eigenvalue weighted by atomic mass is 127. The van der Waals surface area contributed by atoms with E-state index in [1.54, 1.807) is 18.5 Å². The first-order chi connectivity index (χ1) is 12.4. The largest absolute Gasteiger partial charge is 0.361 e. The van der Waals surface area contributed by atoms with Gasteiger partial charge in [0.1, 0.15) is 0 Å². The van der Waals surface area contributed by atoms with E-state index in [4.69, 9.17) is 11.6 Å². The molecule has 2 heterocycles. The summed E-state index contributed by atoms with van der Waals surface area (Å²) in [5.74, 6) is 0. The maximum absolute atomic E-state index is 11.4. The molecular weight excluding hydrogens is 573 g/mol. The molecule has 1 N–H and O–H groups in total. The van der Waals surface area contributed by atoms with Crippen LogP contribution in [0, 0.1) is 21.0 Å². The van der Waals surface area contributed by atoms with Gasteiger partial charge in [-0.2, -0.15) is 0 Å². The second kappa shape index (κ2) is 8.22. The molecule has 3 nitrogen and oxygen atoms in total. The van der Waals surface area contributed by atoms with Gasteiger partial charge in [0.25, 0.3) is 0 Å². The Labute approximate surface area is 183 Å². The Kier molecular flexibility index (Phi) is 6.19. The standard InChI is InChI=1S/C10H7ClIN.C10H8INO/c1-6-4-7-8(11)2-3-13-10(7)5-9(6)12;1-6-4-7-9(5-8(6)11)12-3-2-10(7)13/h2-5H,1H3;2-5H,1H3,(H,12,13). The topological polar surface area (TPSA) is 45.8 Å². The van der Waals surface area contributed by atoms with Crippen LogP contribution in [0.15, 0.2) is 53.6 Å². The van der Waals surface area contributed by atoms with Gasteiger partial charge in [-0.3, -0.25) is 9.78 Å². The molecule has 0 aliphatic carbocycles. The molecule has 0 atom stereocenters. The molecule has 26 heavy (non-hydrogen) atoms. The van der Waals surface area contributed by atoms with E-state index < -0.39 is 0 Å². The van der Waals surface area contributed by atoms with Crippen LogP contribution in [0.3, 0.4) is 0 Å². The quantitative estimate of drug-likeness (QED) is 0.247. The molecule has 4 aromatic rings. The SMILES string of the molecule is Cc1cc2c(=O)cc[nH]c2cc1I.Cc1cc2c(Cl)ccnc2cc1I. The van der Waals surface area contributed by atoms with E-state index in [0.717, 1.165) is 32.4 Å². The Morgan fingerprint density at radius 2 is 1.62 bits per heavy atom. The summed E-state index contributed by atoms with van der Waals surface area (Å²) in [7, 11) is 0. The lowest BCUT2D eigenvalue weighted by molar-refractivity contribution is 1.36. The lowest BCUT2D eigenvalue weighted by Gasteiger charge is -2.02. The third-order valence-electron chi connectivity index (χ3n) is 4.01. The number of fused-ring (bicyclic) bond motifs is 2. The van der Waals surface area contributed by atoms with Crippen molar-refractivity contribution in [3.05, 3.63) is 82.3 Å². The Morgan fingerprint density at radius 1 is 0.962 bits per heavy atom. The fraction of sp³-hybridized carbons (Fsp3) is 0.100. The third kappa shape index (κ3) is 4.20. The van der Waals surface area contributed by atoms with Gasteiger partial charge >= 0.3 is 0 Å². The summed E-state index contributed by atoms with van der Waals surface area (Å²) in [6, 6.07) is 11.4. The van der Waals surface area contributed by atoms with E-state index in [1.807, 2.05) is 25.1 Å². The minimum Gasteiger partial charge on any atom is -0.361 e. The second-order valence-electron chi connectivity index (χ2n) is 5.90. The fourth-order valence-electron chi connectivity index (χ4n) is 2.54. The zero-order valence-corrected chi connectivity index (χ0v) is 19.2. The molecule has 6 heteroatoms. The average molecular weight is 589 g/mol. The monoisotopic (exact) mass is 588 g/mol. The number of aryl methyl sites for hydroxylation is 2. The van der Waals surface area contributed by atoms with Gasteiger partial charge in [0, 0.05) is 36.4 Å². The summed E-state index contributed by atoms with van der Waals surface area (Å²) in [4.78, 5) is 18.7. The number of nitrogens with one attached hydrogen (secondary N) is 1. The van der Waals surface area contributed by atoms with Crippen LogP contribution in [-0.4, -0.2) is 9.97 Å². The van der Waals surface area contributed by atoms with Gasteiger partial charge in [-0.05, 0) is 100 Å². The van der Waals surface area contributed by atoms with E-state index in [0.29, 0.717) is 0 Å². The average Bonchev–Trinajstić information content (AvgIpc) is 2.60. The minimum absolute atomic E-state index is 0.0771. The van der Waals surface area contributed by atoms with Crippen LogP contribution >= 0.6 is 56.8 Å². The molecule has 4 rings (SSSR count). The van der Waals surface area contributed by atoms with Crippen molar-refractivity contribution < 1.29 is 0 Å². The van der Waals surface area contributed by atoms with Crippen LogP contribution in [0.25, 0.3) is 21.8 Å². The number of H-pyrrole nitrogens is 1. The summed E-state index contributed by atoms with van der Waals surface area (Å²) in [6.07, 6.45) is 3.41. The van der Waals surface area contributed by atoms with Gasteiger partial charge in [-0.15, -0.1) is 0 Å². The number of benzene rings is 2. The van der Waals surface area contributed by atoms with E-state index in [-0.39, 0.29) is 5.43 Å². The second-order valence-corrected chi connectivity index (χ2v) is 8.63. The number of aromatic amines is 1. The molecule has 0 aliphatic heterocycles. The minimum atomic E-state index is 0.0771. The first kappa shape index (κ1) is 19.6. The van der Waals surface area contributed by atoms with Gasteiger partial charge in [0.15, 0.2) is 5.43 Å². The summed E-state index contributed by atoms with van der Waals surface area (Å²) in [5, 5.41) is 2.56. The third-order valence-corrected chi connectivity index (χ3v) is 6.66. The van der Waals surface area contributed by atoms with Crippen molar-refractivity contribution in [2.45, 2.75) is 13.8 Å². The molecule has 0 aliphatic rings. The number of hydrogen-bond acceptors (Lipinski definition) is 2. The van der Waals surface area contributed by atoms with Gasteiger partial charge in [-0.1, -0.05) is 11.6 Å². The van der Waals surface area contributed by atoms with Crippen molar-refractivity contribution in [1.82, 2.24) is 9.97 Å². The fourth-order valence-corrected chi connectivity index (χ4v) is 3.67. The van der Waals surface area contributed by atoms with Crippen LogP contribution < -0.4 is 5.43 Å². The Bertz CT molecular complexity index is 1170. The molecule has 0 saturated heterocycles. The van der Waals surface area contributed by atoms with Crippen LogP contribution in [0.2, 0.25) is 5.02 Å². The molecular formula is C20H15ClI2N2O. The summed E-state index contributed by atoms with van der Waals surface area (Å²) in [5.41, 5.74) is 4.33. The molecule has 0 spiro atoms. The maximum Gasteiger partial charge on any atom is 0.189 e. The Morgan fingerprint density at radius 3 is 2.35 bits per heavy atom. The first-order valence-electron chi connectivity index (χ1n) is 7.84. The van der Waals surface area contributed by atoms with Crippen LogP contribution in [0.5, 0.6) is 0 Å². The van der Waals surface area contributed by atoms with Gasteiger partial charge in [0.05, 0.1) is 16.1 Å². The molecule has 0 radical (unpaired) electrons. The normalized spacial score (nSPS) is 10.7. The van der Waals surface area contributed by atoms with E-state index in [2.05, 4.69) is 74.2 Å². The molecule has 0 bridgehead atoms. The van der Waals surface area contributed by atoms with Crippen molar-refractivity contribution in [3.8, 4) is 0 Å². The highest BCUT2D eigenvalue weighted by Crippen LogP contribution is 2.25. The number of halogens is 3. The molecule has 0 unspecified atom stereocenters. The zero-order chi connectivity index (χ0) is 18.8. The van der Waals surface area contributed by atoms with Crippen molar-refractivity contribution in [3.63, 3.8) is 0 Å². The van der Waals surface area contributed by atoms with Crippen LogP contribution in [0.1, 0.15) is 11.1 Å². The molecule has 132 valence electrons. The molecule has 0 amide bonds. The molecule has 0 saturated carbocycles. The molecule has 2 aromatic carbocycles. The van der Waals surface area contributed by atoms with E-state index in [9.17, 15) is 4.79 Å². The molecule has 0 fully saturated rings. The van der Waals surface area contributed by atoms with Crippen LogP contribution in [0.4, 0.5) is 0 Å². The zero-order valence-electron chi connectivity index (χ0n) is 14.1. The van der Waals surface area contributed by atoms with Gasteiger partial charge in [-0.25, -0.2) is 0 Å². The van der Waals surface area contributed by atoms with Crippen molar-refractivity contribution in [2.24, 2.45) is 0 Å². The predicted molar refractivity (Wildman–Crippen MR) is 126 cm³/mol. The smallest absolute Gasteiger partial charge is 0.189 e. The number of hydrogen-bond donors (Lipinski definition) is 1. The van der Waals surface area contributed by atoms with Crippen molar-refractivity contribution in [1.29, 1.82) is 0 Å². The summed E-state index contributed by atoms with van der Waals surface area (Å²) >= 11 is 10.6. The Hall–Kier alpha value is -1.19. The van der Waals surface area contributed by atoms with Gasteiger partial charge in [0.2, 0.25) is 0 Å². The summed E-state index contributed by atoms with van der Waals surface area (Å²) in [6.45, 7) is 4.08. The number of aromatic nitrogens is 2. The lowest BCUT2D eigenvalue weighted by Crippen LogP contribution is -2.00. The van der Waals surface area contributed by atoms with E-state index >= 15 is 0 Å². The van der Waals surface area contributed by atoms with Crippen LogP contribution in [-0.2, 0) is 0 Å². The van der Waals surface area contributed by atoms with Gasteiger partial charge < -0.3 is 4.98 Å². The number of rotatable bonds is 0. The number of pyridine rings is 2. The van der Waals surface area contributed by atoms with E-state index in [1.165, 1.54) is 12.7 Å². The first-order valence-corrected chi connectivity index (χ1v) is 10.4.